The number of rotatable bonds is 2. The zero-order valence-electron chi connectivity index (χ0n) is 6.00. The quantitative estimate of drug-likeness (QED) is 0.260. The van der Waals surface area contributed by atoms with Crippen molar-refractivity contribution < 1.29 is 32.9 Å². The van der Waals surface area contributed by atoms with Gasteiger partial charge in [0.05, 0.1) is 0 Å². The van der Waals surface area contributed by atoms with E-state index in [2.05, 4.69) is 6.58 Å². The van der Waals surface area contributed by atoms with Crippen molar-refractivity contribution in [3.63, 3.8) is 0 Å². The van der Waals surface area contributed by atoms with Crippen LogP contribution < -0.4 is 28.5 Å². The molecule has 0 spiro atoms. The average Bonchev–Trinajstić information content (AvgIpc) is 1.94. The molecule has 0 saturated heterocycles. The molecule has 0 atom stereocenters. The number of allylic oxidation sites excluding steroid dienone is 1. The molecule has 0 unspecified atom stereocenters. The molecular formula is C8H9FIN. The highest BCUT2D eigenvalue weighted by atomic mass is 127. The first-order valence-corrected chi connectivity index (χ1v) is 3.09. The summed E-state index contributed by atoms with van der Waals surface area (Å²) in [5.41, 5.74) is 0. The molecule has 11 heavy (non-hydrogen) atoms. The summed E-state index contributed by atoms with van der Waals surface area (Å²) in [6, 6.07) is 4.87. The van der Waals surface area contributed by atoms with Crippen LogP contribution in [-0.2, 0) is 6.54 Å². The lowest BCUT2D eigenvalue weighted by molar-refractivity contribution is -0.714. The molecule has 0 aromatic carbocycles. The first kappa shape index (κ1) is 10.6. The maximum atomic E-state index is 12.7. The van der Waals surface area contributed by atoms with Crippen LogP contribution in [0.25, 0.3) is 0 Å². The first-order valence-electron chi connectivity index (χ1n) is 3.09. The van der Waals surface area contributed by atoms with Gasteiger partial charge in [0.1, 0.15) is 0 Å². The van der Waals surface area contributed by atoms with Gasteiger partial charge in [-0.2, -0.15) is 4.57 Å². The molecule has 0 N–H and O–H groups in total. The number of aromatic nitrogens is 1. The summed E-state index contributed by atoms with van der Waals surface area (Å²) in [5.74, 6) is -0.234. The van der Waals surface area contributed by atoms with Crippen LogP contribution in [0.2, 0.25) is 0 Å². The van der Waals surface area contributed by atoms with Crippen molar-refractivity contribution in [1.82, 2.24) is 0 Å². The lowest BCUT2D eigenvalue weighted by atomic mass is 10.4. The second-order valence-corrected chi connectivity index (χ2v) is 1.96. The van der Waals surface area contributed by atoms with E-state index in [0.717, 1.165) is 0 Å². The fourth-order valence-corrected chi connectivity index (χ4v) is 0.743. The van der Waals surface area contributed by atoms with E-state index < -0.39 is 0 Å². The molecule has 0 bridgehead atoms. The molecular weight excluding hydrogens is 256 g/mol. The van der Waals surface area contributed by atoms with Gasteiger partial charge >= 0.3 is 5.95 Å². The van der Waals surface area contributed by atoms with Crippen molar-refractivity contribution in [2.45, 2.75) is 6.54 Å². The van der Waals surface area contributed by atoms with Crippen LogP contribution in [0.15, 0.2) is 37.1 Å². The minimum Gasteiger partial charge on any atom is -1.00 e. The molecule has 1 aromatic rings. The van der Waals surface area contributed by atoms with Gasteiger partial charge in [-0.3, -0.25) is 0 Å². The fourth-order valence-electron chi connectivity index (χ4n) is 0.743. The Morgan fingerprint density at radius 2 is 2.27 bits per heavy atom. The molecule has 3 heteroatoms. The summed E-state index contributed by atoms with van der Waals surface area (Å²) in [6.07, 6.45) is 3.33. The maximum absolute atomic E-state index is 12.7. The summed E-state index contributed by atoms with van der Waals surface area (Å²) >= 11 is 0. The first-order chi connectivity index (χ1) is 4.84. The highest BCUT2D eigenvalue weighted by molar-refractivity contribution is 4.86. The Labute approximate surface area is 82.6 Å². The number of nitrogens with zero attached hydrogens (tertiary/aromatic N) is 1. The number of halogens is 2. The van der Waals surface area contributed by atoms with Crippen molar-refractivity contribution in [2.24, 2.45) is 0 Å². The van der Waals surface area contributed by atoms with Crippen LogP contribution in [0.3, 0.4) is 0 Å². The molecule has 1 heterocycles. The van der Waals surface area contributed by atoms with Crippen LogP contribution >= 0.6 is 0 Å². The third-order valence-electron chi connectivity index (χ3n) is 1.21. The van der Waals surface area contributed by atoms with Crippen molar-refractivity contribution in [3.05, 3.63) is 43.0 Å². The molecule has 0 aliphatic carbocycles. The molecule has 1 aromatic heterocycles. The van der Waals surface area contributed by atoms with E-state index in [0.29, 0.717) is 6.54 Å². The molecule has 0 radical (unpaired) electrons. The Bertz CT molecular complexity index is 237. The zero-order valence-corrected chi connectivity index (χ0v) is 8.16. The van der Waals surface area contributed by atoms with Gasteiger partial charge in [-0.25, -0.2) is 0 Å². The zero-order chi connectivity index (χ0) is 7.40. The third-order valence-corrected chi connectivity index (χ3v) is 1.21. The van der Waals surface area contributed by atoms with E-state index in [1.165, 1.54) is 10.6 Å². The van der Waals surface area contributed by atoms with Gasteiger partial charge in [-0.15, -0.1) is 4.39 Å². The Hall–Kier alpha value is -0.450. The van der Waals surface area contributed by atoms with Gasteiger partial charge in [-0.1, -0.05) is 6.58 Å². The Kier molecular flexibility index (Phi) is 5.02. The van der Waals surface area contributed by atoms with Gasteiger partial charge < -0.3 is 24.0 Å². The highest BCUT2D eigenvalue weighted by Gasteiger charge is 2.03. The summed E-state index contributed by atoms with van der Waals surface area (Å²) in [4.78, 5) is 0. The minimum atomic E-state index is -0.234. The summed E-state index contributed by atoms with van der Waals surface area (Å²) in [5, 5.41) is 0. The molecule has 0 aliphatic rings. The van der Waals surface area contributed by atoms with Gasteiger partial charge in [0, 0.05) is 12.1 Å². The predicted molar refractivity (Wildman–Crippen MR) is 36.8 cm³/mol. The van der Waals surface area contributed by atoms with Crippen LogP contribution in [0, 0.1) is 5.95 Å². The molecule has 0 fully saturated rings. The molecule has 0 saturated carbocycles. The molecule has 1 rings (SSSR count). The number of hydrogen-bond acceptors (Lipinski definition) is 0. The Morgan fingerprint density at radius 1 is 1.55 bits per heavy atom. The van der Waals surface area contributed by atoms with Gasteiger partial charge in [-0.05, 0) is 12.1 Å². The predicted octanol–water partition coefficient (Wildman–Crippen LogP) is -1.70. The normalized spacial score (nSPS) is 8.45. The monoisotopic (exact) mass is 265 g/mol. The fraction of sp³-hybridized carbons (Fsp3) is 0.125. The van der Waals surface area contributed by atoms with E-state index in [-0.39, 0.29) is 29.9 Å². The van der Waals surface area contributed by atoms with Crippen LogP contribution in [-0.4, -0.2) is 0 Å². The molecule has 0 amide bonds. The van der Waals surface area contributed by atoms with E-state index in [1.54, 1.807) is 24.4 Å². The lowest BCUT2D eigenvalue weighted by Crippen LogP contribution is -3.00. The molecule has 0 aliphatic heterocycles. The average molecular weight is 265 g/mol. The molecule has 1 nitrogen and oxygen atoms in total. The highest BCUT2D eigenvalue weighted by Crippen LogP contribution is 1.86. The maximum Gasteiger partial charge on any atom is 0.359 e. The van der Waals surface area contributed by atoms with E-state index >= 15 is 0 Å². The topological polar surface area (TPSA) is 3.88 Å². The van der Waals surface area contributed by atoms with Crippen molar-refractivity contribution >= 4 is 0 Å². The van der Waals surface area contributed by atoms with Crippen LogP contribution in [0.1, 0.15) is 0 Å². The second kappa shape index (κ2) is 5.23. The number of pyridine rings is 1. The number of hydrogen-bond donors (Lipinski definition) is 0. The molecule has 60 valence electrons. The largest absolute Gasteiger partial charge is 1.00 e. The van der Waals surface area contributed by atoms with Gasteiger partial charge in [0.25, 0.3) is 0 Å². The van der Waals surface area contributed by atoms with E-state index in [4.69, 9.17) is 0 Å². The standard InChI is InChI=1S/C8H9FN.HI/c1-2-6-10-7-4-3-5-8(10)9;/h2-5,7H,1,6H2;1H/q+1;/p-1. The summed E-state index contributed by atoms with van der Waals surface area (Å²) < 4.78 is 14.2. The summed E-state index contributed by atoms with van der Waals surface area (Å²) in [6.45, 7) is 4.03. The second-order valence-electron chi connectivity index (χ2n) is 1.96. The smallest absolute Gasteiger partial charge is 0.359 e. The lowest BCUT2D eigenvalue weighted by Gasteiger charge is -1.89. The van der Waals surface area contributed by atoms with Gasteiger partial charge in [0.2, 0.25) is 0 Å². The Balaban J connectivity index is 0.000001000. The van der Waals surface area contributed by atoms with Crippen molar-refractivity contribution in [2.75, 3.05) is 0 Å². The third kappa shape index (κ3) is 2.96. The minimum absolute atomic E-state index is 0. The van der Waals surface area contributed by atoms with E-state index in [1.807, 2.05) is 0 Å². The van der Waals surface area contributed by atoms with Crippen molar-refractivity contribution in [3.8, 4) is 0 Å². The SMILES string of the molecule is C=CC[n+]1ccccc1F.[I-]. The van der Waals surface area contributed by atoms with Gasteiger partial charge in [0.15, 0.2) is 12.7 Å². The van der Waals surface area contributed by atoms with E-state index in [9.17, 15) is 4.39 Å². The van der Waals surface area contributed by atoms with Crippen LogP contribution in [0.4, 0.5) is 4.39 Å². The summed E-state index contributed by atoms with van der Waals surface area (Å²) in [7, 11) is 0. The van der Waals surface area contributed by atoms with Crippen LogP contribution in [0.5, 0.6) is 0 Å². The van der Waals surface area contributed by atoms with Crippen molar-refractivity contribution in [1.29, 1.82) is 0 Å². The Morgan fingerprint density at radius 3 is 2.82 bits per heavy atom.